The number of hydrogen-bond donors (Lipinski definition) is 1. The van der Waals surface area contributed by atoms with Crippen LogP contribution in [0.2, 0.25) is 0 Å². The van der Waals surface area contributed by atoms with Crippen LogP contribution < -0.4 is 0 Å². The van der Waals surface area contributed by atoms with Gasteiger partial charge in [-0.3, -0.25) is 5.10 Å². The van der Waals surface area contributed by atoms with Crippen LogP contribution in [-0.2, 0) is 4.74 Å². The summed E-state index contributed by atoms with van der Waals surface area (Å²) in [5.41, 5.74) is 2.33. The molecule has 0 bridgehead atoms. The number of benzene rings is 1. The van der Waals surface area contributed by atoms with Crippen molar-refractivity contribution in [3.8, 4) is 0 Å². The lowest BCUT2D eigenvalue weighted by molar-refractivity contribution is 0.0449. The summed E-state index contributed by atoms with van der Waals surface area (Å²) in [7, 11) is 0. The van der Waals surface area contributed by atoms with Gasteiger partial charge in [0.25, 0.3) is 0 Å². The van der Waals surface area contributed by atoms with Gasteiger partial charge in [0.1, 0.15) is 0 Å². The normalized spacial score (nSPS) is 18.7. The Hall–Kier alpha value is -2.10. The van der Waals surface area contributed by atoms with Crippen LogP contribution in [-0.4, -0.2) is 16.2 Å². The third-order valence-corrected chi connectivity index (χ3v) is 2.49. The van der Waals surface area contributed by atoms with E-state index in [9.17, 15) is 4.79 Å². The molecule has 1 aliphatic rings. The maximum atomic E-state index is 11.5. The van der Waals surface area contributed by atoms with Crippen LogP contribution >= 0.6 is 0 Å². The second-order valence-electron chi connectivity index (χ2n) is 3.38. The van der Waals surface area contributed by atoms with Gasteiger partial charge in [0.2, 0.25) is 0 Å². The van der Waals surface area contributed by atoms with Gasteiger partial charge in [0.05, 0.1) is 11.3 Å². The number of aromatic nitrogens is 2. The van der Waals surface area contributed by atoms with Gasteiger partial charge in [-0.1, -0.05) is 18.2 Å². The minimum absolute atomic E-state index is 0.273. The molecule has 1 unspecified atom stereocenters. The molecule has 0 amide bonds. The number of nitrogens with zero attached hydrogens (tertiary/aromatic N) is 1. The number of ether oxygens (including phenoxy) is 1. The third-order valence-electron chi connectivity index (χ3n) is 2.49. The highest BCUT2D eigenvalue weighted by Gasteiger charge is 2.32. The molecule has 0 radical (unpaired) electrons. The van der Waals surface area contributed by atoms with Crippen molar-refractivity contribution in [3.63, 3.8) is 0 Å². The Morgan fingerprint density at radius 3 is 2.93 bits per heavy atom. The predicted octanol–water partition coefficient (Wildman–Crippen LogP) is 1.67. The summed E-state index contributed by atoms with van der Waals surface area (Å²) in [6, 6.07) is 9.19. The number of H-pyrrole nitrogens is 1. The standard InChI is InChI=1S/C11H8N2O2/c14-11-8-4-2-1-3-7(8)10(15-11)9-5-6-12-13-9/h1-6,10H,(H,12,13). The number of aromatic amines is 1. The van der Waals surface area contributed by atoms with E-state index in [0.29, 0.717) is 5.56 Å². The van der Waals surface area contributed by atoms with E-state index in [0.717, 1.165) is 11.3 Å². The fourth-order valence-electron chi connectivity index (χ4n) is 1.79. The van der Waals surface area contributed by atoms with Gasteiger partial charge < -0.3 is 4.74 Å². The second-order valence-corrected chi connectivity index (χ2v) is 3.38. The average molecular weight is 200 g/mol. The van der Waals surface area contributed by atoms with Gasteiger partial charge in [0, 0.05) is 11.8 Å². The summed E-state index contributed by atoms with van der Waals surface area (Å²) in [5, 5.41) is 6.66. The van der Waals surface area contributed by atoms with E-state index in [1.165, 1.54) is 0 Å². The van der Waals surface area contributed by atoms with Crippen LogP contribution in [0, 0.1) is 0 Å². The molecule has 1 N–H and O–H groups in total. The molecule has 0 saturated carbocycles. The lowest BCUT2D eigenvalue weighted by Gasteiger charge is -2.06. The van der Waals surface area contributed by atoms with Crippen LogP contribution in [0.25, 0.3) is 0 Å². The Morgan fingerprint density at radius 1 is 1.27 bits per heavy atom. The van der Waals surface area contributed by atoms with Gasteiger partial charge >= 0.3 is 5.97 Å². The van der Waals surface area contributed by atoms with Gasteiger partial charge in [-0.05, 0) is 12.1 Å². The summed E-state index contributed by atoms with van der Waals surface area (Å²) in [4.78, 5) is 11.5. The molecule has 2 heterocycles. The van der Waals surface area contributed by atoms with Gasteiger partial charge in [-0.25, -0.2) is 4.79 Å². The van der Waals surface area contributed by atoms with Crippen molar-refractivity contribution in [2.45, 2.75) is 6.10 Å². The van der Waals surface area contributed by atoms with E-state index in [4.69, 9.17) is 4.74 Å². The molecule has 1 aliphatic heterocycles. The minimum atomic E-state index is -0.337. The summed E-state index contributed by atoms with van der Waals surface area (Å²) < 4.78 is 5.27. The highest BCUT2D eigenvalue weighted by Crippen LogP contribution is 2.34. The second kappa shape index (κ2) is 2.95. The molecule has 2 aromatic rings. The molecule has 1 atom stereocenters. The van der Waals surface area contributed by atoms with Crippen LogP contribution in [0.3, 0.4) is 0 Å². The zero-order valence-corrected chi connectivity index (χ0v) is 7.81. The smallest absolute Gasteiger partial charge is 0.339 e. The molecule has 74 valence electrons. The lowest BCUT2D eigenvalue weighted by Crippen LogP contribution is -2.00. The van der Waals surface area contributed by atoms with Crippen LogP contribution in [0.15, 0.2) is 36.5 Å². The molecule has 0 aliphatic carbocycles. The zero-order chi connectivity index (χ0) is 10.3. The quantitative estimate of drug-likeness (QED) is 0.712. The van der Waals surface area contributed by atoms with Gasteiger partial charge in [-0.2, -0.15) is 5.10 Å². The first-order valence-electron chi connectivity index (χ1n) is 4.65. The Labute approximate surface area is 85.9 Å². The fourth-order valence-corrected chi connectivity index (χ4v) is 1.79. The maximum Gasteiger partial charge on any atom is 0.339 e. The molecule has 3 rings (SSSR count). The van der Waals surface area contributed by atoms with Crippen molar-refractivity contribution in [1.82, 2.24) is 10.2 Å². The average Bonchev–Trinajstić information content (AvgIpc) is 2.87. The van der Waals surface area contributed by atoms with E-state index in [1.54, 1.807) is 18.3 Å². The molecular weight excluding hydrogens is 192 g/mol. The van der Waals surface area contributed by atoms with Crippen molar-refractivity contribution in [2.75, 3.05) is 0 Å². The summed E-state index contributed by atoms with van der Waals surface area (Å²) in [6.07, 6.45) is 1.31. The minimum Gasteiger partial charge on any atom is -0.447 e. The van der Waals surface area contributed by atoms with Crippen LogP contribution in [0.4, 0.5) is 0 Å². The first-order chi connectivity index (χ1) is 7.36. The van der Waals surface area contributed by atoms with Crippen LogP contribution in [0.5, 0.6) is 0 Å². The van der Waals surface area contributed by atoms with Crippen molar-refractivity contribution >= 4 is 5.97 Å². The monoisotopic (exact) mass is 200 g/mol. The number of rotatable bonds is 1. The number of hydrogen-bond acceptors (Lipinski definition) is 3. The Balaban J connectivity index is 2.13. The van der Waals surface area contributed by atoms with E-state index < -0.39 is 0 Å². The van der Waals surface area contributed by atoms with Crippen molar-refractivity contribution in [1.29, 1.82) is 0 Å². The Morgan fingerprint density at radius 2 is 2.13 bits per heavy atom. The number of esters is 1. The van der Waals surface area contributed by atoms with Crippen molar-refractivity contribution < 1.29 is 9.53 Å². The number of nitrogens with one attached hydrogen (secondary N) is 1. The first kappa shape index (κ1) is 8.23. The number of fused-ring (bicyclic) bond motifs is 1. The Kier molecular flexibility index (Phi) is 1.62. The number of carbonyl (C=O) groups excluding carboxylic acids is 1. The van der Waals surface area contributed by atoms with Crippen molar-refractivity contribution in [2.24, 2.45) is 0 Å². The highest BCUT2D eigenvalue weighted by molar-refractivity contribution is 5.94. The molecule has 0 saturated heterocycles. The maximum absolute atomic E-state index is 11.5. The predicted molar refractivity (Wildman–Crippen MR) is 52.3 cm³/mol. The molecule has 4 nitrogen and oxygen atoms in total. The third kappa shape index (κ3) is 1.15. The van der Waals surface area contributed by atoms with E-state index in [2.05, 4.69) is 10.2 Å². The fraction of sp³-hybridized carbons (Fsp3) is 0.0909. The highest BCUT2D eigenvalue weighted by atomic mass is 16.5. The van der Waals surface area contributed by atoms with Crippen molar-refractivity contribution in [3.05, 3.63) is 53.3 Å². The molecule has 15 heavy (non-hydrogen) atoms. The molecule has 0 spiro atoms. The molecule has 4 heteroatoms. The van der Waals surface area contributed by atoms with Gasteiger partial charge in [0.15, 0.2) is 6.10 Å². The zero-order valence-electron chi connectivity index (χ0n) is 7.81. The van der Waals surface area contributed by atoms with Crippen LogP contribution in [0.1, 0.15) is 27.7 Å². The largest absolute Gasteiger partial charge is 0.447 e. The summed E-state index contributed by atoms with van der Waals surface area (Å²) in [5.74, 6) is -0.273. The van der Waals surface area contributed by atoms with E-state index in [-0.39, 0.29) is 12.1 Å². The topological polar surface area (TPSA) is 55.0 Å². The summed E-state index contributed by atoms with van der Waals surface area (Å²) >= 11 is 0. The first-order valence-corrected chi connectivity index (χ1v) is 4.65. The summed E-state index contributed by atoms with van der Waals surface area (Å²) in [6.45, 7) is 0. The number of cyclic esters (lactones) is 1. The Bertz CT molecular complexity index is 505. The van der Waals surface area contributed by atoms with E-state index in [1.807, 2.05) is 18.2 Å². The lowest BCUT2D eigenvalue weighted by atomic mass is 10.0. The van der Waals surface area contributed by atoms with Gasteiger partial charge in [-0.15, -0.1) is 0 Å². The molecule has 1 aromatic carbocycles. The molecule has 0 fully saturated rings. The molecule has 1 aromatic heterocycles. The molecular formula is C11H8N2O2. The SMILES string of the molecule is O=C1OC(c2ccn[nH]2)c2ccccc21. The van der Waals surface area contributed by atoms with E-state index >= 15 is 0 Å². The number of carbonyl (C=O) groups is 1.